The van der Waals surface area contributed by atoms with Crippen LogP contribution in [0.3, 0.4) is 0 Å². The fraction of sp³-hybridized carbons (Fsp3) is 0.500. The van der Waals surface area contributed by atoms with Gasteiger partial charge in [-0.2, -0.15) is 0 Å². The predicted molar refractivity (Wildman–Crippen MR) is 66.9 cm³/mol. The van der Waals surface area contributed by atoms with Gasteiger partial charge in [0, 0.05) is 13.1 Å². The lowest BCUT2D eigenvalue weighted by molar-refractivity contribution is 0.148. The Labute approximate surface area is 106 Å². The second-order valence-corrected chi connectivity index (χ2v) is 5.10. The van der Waals surface area contributed by atoms with Crippen LogP contribution in [-0.4, -0.2) is 17.8 Å². The third-order valence-corrected chi connectivity index (χ3v) is 3.57. The Morgan fingerprint density at radius 1 is 1.31 bits per heavy atom. The van der Waals surface area contributed by atoms with Crippen LogP contribution in [0.25, 0.3) is 0 Å². The second kappa shape index (κ2) is 5.37. The number of hydrogen-bond acceptors (Lipinski definition) is 2. The molecule has 1 saturated carbocycles. The largest absolute Gasteiger partial charge is 0.392 e. The molecule has 1 aromatic carbocycles. The van der Waals surface area contributed by atoms with Crippen molar-refractivity contribution in [3.05, 3.63) is 33.8 Å². The van der Waals surface area contributed by atoms with Crippen molar-refractivity contribution in [2.45, 2.75) is 25.5 Å². The van der Waals surface area contributed by atoms with Gasteiger partial charge >= 0.3 is 0 Å². The van der Waals surface area contributed by atoms with Crippen molar-refractivity contribution < 1.29 is 5.11 Å². The molecule has 0 aromatic heterocycles. The molecule has 1 fully saturated rings. The van der Waals surface area contributed by atoms with E-state index in [0.717, 1.165) is 18.4 Å². The van der Waals surface area contributed by atoms with Crippen molar-refractivity contribution in [3.63, 3.8) is 0 Å². The molecule has 0 aliphatic heterocycles. The van der Waals surface area contributed by atoms with E-state index < -0.39 is 0 Å². The van der Waals surface area contributed by atoms with Crippen LogP contribution >= 0.6 is 23.2 Å². The molecule has 4 heteroatoms. The number of aliphatic hydroxyl groups excluding tert-OH is 1. The Morgan fingerprint density at radius 3 is 2.69 bits per heavy atom. The summed E-state index contributed by atoms with van der Waals surface area (Å²) in [4.78, 5) is 0. The average molecular weight is 260 g/mol. The lowest BCUT2D eigenvalue weighted by Gasteiger charge is -2.10. The Hall–Kier alpha value is -0.280. The minimum Gasteiger partial charge on any atom is -0.392 e. The van der Waals surface area contributed by atoms with Crippen LogP contribution in [0.2, 0.25) is 10.0 Å². The lowest BCUT2D eigenvalue weighted by Crippen LogP contribution is -2.27. The summed E-state index contributed by atoms with van der Waals surface area (Å²) in [6, 6.07) is 5.57. The van der Waals surface area contributed by atoms with Gasteiger partial charge in [0.2, 0.25) is 0 Å². The minimum absolute atomic E-state index is 0.206. The van der Waals surface area contributed by atoms with E-state index >= 15 is 0 Å². The zero-order valence-electron chi connectivity index (χ0n) is 8.92. The summed E-state index contributed by atoms with van der Waals surface area (Å²) in [6.45, 7) is 1.35. The Bertz CT molecular complexity index is 366. The van der Waals surface area contributed by atoms with Gasteiger partial charge < -0.3 is 10.4 Å². The first-order valence-electron chi connectivity index (χ1n) is 5.49. The maximum absolute atomic E-state index is 9.66. The third-order valence-electron chi connectivity index (χ3n) is 2.83. The number of rotatable bonds is 5. The van der Waals surface area contributed by atoms with E-state index in [1.807, 2.05) is 12.1 Å². The molecule has 1 aliphatic rings. The van der Waals surface area contributed by atoms with Crippen LogP contribution in [-0.2, 0) is 6.54 Å². The van der Waals surface area contributed by atoms with Crippen molar-refractivity contribution in [2.24, 2.45) is 5.92 Å². The Kier molecular flexibility index (Phi) is 4.09. The number of benzene rings is 1. The molecule has 1 aliphatic carbocycles. The third kappa shape index (κ3) is 3.36. The number of nitrogens with one attached hydrogen (secondary N) is 1. The van der Waals surface area contributed by atoms with Crippen LogP contribution in [0.1, 0.15) is 18.4 Å². The Morgan fingerprint density at radius 2 is 2.06 bits per heavy atom. The molecule has 1 unspecified atom stereocenters. The van der Waals surface area contributed by atoms with Crippen LogP contribution < -0.4 is 5.32 Å². The molecule has 0 bridgehead atoms. The summed E-state index contributed by atoms with van der Waals surface area (Å²) in [5.41, 5.74) is 1.08. The molecule has 0 radical (unpaired) electrons. The predicted octanol–water partition coefficient (Wildman–Crippen LogP) is 2.85. The summed E-state index contributed by atoms with van der Waals surface area (Å²) in [5, 5.41) is 14.0. The molecule has 0 saturated heterocycles. The monoisotopic (exact) mass is 259 g/mol. The first-order chi connectivity index (χ1) is 7.66. The highest BCUT2D eigenvalue weighted by molar-refractivity contribution is 6.42. The molecule has 1 atom stereocenters. The molecule has 88 valence electrons. The average Bonchev–Trinajstić information content (AvgIpc) is 3.07. The van der Waals surface area contributed by atoms with Crippen LogP contribution in [0.5, 0.6) is 0 Å². The lowest BCUT2D eigenvalue weighted by atomic mass is 10.2. The molecular weight excluding hydrogens is 245 g/mol. The van der Waals surface area contributed by atoms with Crippen molar-refractivity contribution in [3.8, 4) is 0 Å². The van der Waals surface area contributed by atoms with E-state index in [-0.39, 0.29) is 6.10 Å². The summed E-state index contributed by atoms with van der Waals surface area (Å²) in [6.07, 6.45) is 2.12. The molecular formula is C12H15Cl2NO. The van der Waals surface area contributed by atoms with E-state index in [4.69, 9.17) is 23.2 Å². The van der Waals surface area contributed by atoms with Crippen molar-refractivity contribution in [1.29, 1.82) is 0 Å². The molecule has 1 aromatic rings. The van der Waals surface area contributed by atoms with Gasteiger partial charge in [-0.25, -0.2) is 0 Å². The molecule has 2 rings (SSSR count). The molecule has 0 spiro atoms. The van der Waals surface area contributed by atoms with Gasteiger partial charge in [-0.05, 0) is 36.5 Å². The highest BCUT2D eigenvalue weighted by Crippen LogP contribution is 2.32. The highest BCUT2D eigenvalue weighted by Gasteiger charge is 2.28. The second-order valence-electron chi connectivity index (χ2n) is 4.28. The van der Waals surface area contributed by atoms with E-state index in [1.165, 1.54) is 0 Å². The van der Waals surface area contributed by atoms with Gasteiger partial charge in [0.05, 0.1) is 16.1 Å². The number of halogens is 2. The smallest absolute Gasteiger partial charge is 0.0692 e. The maximum atomic E-state index is 9.66. The van der Waals surface area contributed by atoms with E-state index in [9.17, 15) is 5.11 Å². The zero-order valence-corrected chi connectivity index (χ0v) is 10.4. The SMILES string of the molecule is OC(CNCc1ccc(Cl)c(Cl)c1)C1CC1. The summed E-state index contributed by atoms with van der Waals surface area (Å²) in [7, 11) is 0. The highest BCUT2D eigenvalue weighted by atomic mass is 35.5. The van der Waals surface area contributed by atoms with Gasteiger partial charge in [-0.1, -0.05) is 29.3 Å². The first-order valence-corrected chi connectivity index (χ1v) is 6.25. The molecule has 0 amide bonds. The first kappa shape index (κ1) is 12.2. The summed E-state index contributed by atoms with van der Waals surface area (Å²) in [5.74, 6) is 0.515. The van der Waals surface area contributed by atoms with Crippen LogP contribution in [0.15, 0.2) is 18.2 Å². The van der Waals surface area contributed by atoms with Crippen molar-refractivity contribution >= 4 is 23.2 Å². The normalized spacial score (nSPS) is 17.4. The summed E-state index contributed by atoms with van der Waals surface area (Å²) >= 11 is 11.7. The van der Waals surface area contributed by atoms with Crippen molar-refractivity contribution in [2.75, 3.05) is 6.54 Å². The zero-order chi connectivity index (χ0) is 11.5. The fourth-order valence-corrected chi connectivity index (χ4v) is 1.98. The maximum Gasteiger partial charge on any atom is 0.0692 e. The molecule has 16 heavy (non-hydrogen) atoms. The molecule has 2 nitrogen and oxygen atoms in total. The number of hydrogen-bond donors (Lipinski definition) is 2. The van der Waals surface area contributed by atoms with E-state index in [2.05, 4.69) is 5.32 Å². The van der Waals surface area contributed by atoms with Crippen LogP contribution in [0, 0.1) is 5.92 Å². The standard InChI is InChI=1S/C12H15Cl2NO/c13-10-4-1-8(5-11(10)14)6-15-7-12(16)9-2-3-9/h1,4-5,9,12,15-16H,2-3,6-7H2. The molecule has 2 N–H and O–H groups in total. The minimum atomic E-state index is -0.206. The summed E-state index contributed by atoms with van der Waals surface area (Å²) < 4.78 is 0. The topological polar surface area (TPSA) is 32.3 Å². The van der Waals surface area contributed by atoms with Crippen LogP contribution in [0.4, 0.5) is 0 Å². The van der Waals surface area contributed by atoms with Gasteiger partial charge in [-0.15, -0.1) is 0 Å². The van der Waals surface area contributed by atoms with Gasteiger partial charge in [0.1, 0.15) is 0 Å². The van der Waals surface area contributed by atoms with Crippen molar-refractivity contribution in [1.82, 2.24) is 5.32 Å². The number of aliphatic hydroxyl groups is 1. The quantitative estimate of drug-likeness (QED) is 0.853. The van der Waals surface area contributed by atoms with Gasteiger partial charge in [-0.3, -0.25) is 0 Å². The molecule has 0 heterocycles. The van der Waals surface area contributed by atoms with E-state index in [1.54, 1.807) is 6.07 Å². The fourth-order valence-electron chi connectivity index (χ4n) is 1.66. The van der Waals surface area contributed by atoms with Gasteiger partial charge in [0.25, 0.3) is 0 Å². The van der Waals surface area contributed by atoms with Gasteiger partial charge in [0.15, 0.2) is 0 Å². The Balaban J connectivity index is 1.78. The van der Waals surface area contributed by atoms with E-state index in [0.29, 0.717) is 29.1 Å².